The van der Waals surface area contributed by atoms with E-state index in [-0.39, 0.29) is 17.2 Å². The molecule has 7 heteroatoms. The number of ketones is 1. The first-order chi connectivity index (χ1) is 14.5. The van der Waals surface area contributed by atoms with Crippen molar-refractivity contribution in [1.29, 1.82) is 0 Å². The normalized spacial score (nSPS) is 19.7. The lowest BCUT2D eigenvalue weighted by molar-refractivity contribution is -0.118. The van der Waals surface area contributed by atoms with Crippen LogP contribution in [0.25, 0.3) is 11.4 Å². The highest BCUT2D eigenvalue weighted by molar-refractivity contribution is 6.00. The van der Waals surface area contributed by atoms with E-state index in [4.69, 9.17) is 14.8 Å². The van der Waals surface area contributed by atoms with Crippen molar-refractivity contribution < 1.29 is 9.53 Å². The van der Waals surface area contributed by atoms with Crippen molar-refractivity contribution in [1.82, 2.24) is 19.7 Å². The number of carbonyl (C=O) groups excluding carboxylic acids is 1. The number of fused-ring (bicyclic) bond motifs is 1. The number of rotatable bonds is 3. The van der Waals surface area contributed by atoms with Gasteiger partial charge in [0.2, 0.25) is 5.95 Å². The van der Waals surface area contributed by atoms with Crippen LogP contribution in [0, 0.1) is 5.41 Å². The van der Waals surface area contributed by atoms with Crippen LogP contribution in [0.4, 0.5) is 5.95 Å². The maximum atomic E-state index is 13.3. The highest BCUT2D eigenvalue weighted by Crippen LogP contribution is 2.47. The molecular weight excluding hydrogens is 378 g/mol. The number of carbonyl (C=O) groups is 1. The summed E-state index contributed by atoms with van der Waals surface area (Å²) in [7, 11) is 1.64. The lowest BCUT2D eigenvalue weighted by Crippen LogP contribution is -2.36. The second-order valence-corrected chi connectivity index (χ2v) is 8.54. The molecular formula is C23H23N5O2. The Labute approximate surface area is 174 Å². The van der Waals surface area contributed by atoms with Crippen LogP contribution in [-0.4, -0.2) is 32.6 Å². The summed E-state index contributed by atoms with van der Waals surface area (Å²) >= 11 is 0. The molecule has 0 radical (unpaired) electrons. The lowest BCUT2D eigenvalue weighted by atomic mass is 9.73. The zero-order valence-corrected chi connectivity index (χ0v) is 17.2. The van der Waals surface area contributed by atoms with E-state index in [1.165, 1.54) is 0 Å². The van der Waals surface area contributed by atoms with Gasteiger partial charge in [0.1, 0.15) is 11.8 Å². The van der Waals surface area contributed by atoms with Gasteiger partial charge in [-0.1, -0.05) is 32.0 Å². The molecule has 5 rings (SSSR count). The molecule has 2 aromatic heterocycles. The van der Waals surface area contributed by atoms with E-state index in [0.717, 1.165) is 34.6 Å². The first-order valence-electron chi connectivity index (χ1n) is 10.00. The van der Waals surface area contributed by atoms with E-state index in [2.05, 4.69) is 24.1 Å². The average Bonchev–Trinajstić information content (AvgIpc) is 3.15. The van der Waals surface area contributed by atoms with E-state index >= 15 is 0 Å². The summed E-state index contributed by atoms with van der Waals surface area (Å²) in [5, 5.41) is 8.19. The monoisotopic (exact) mass is 401 g/mol. The van der Waals surface area contributed by atoms with E-state index in [0.29, 0.717) is 18.2 Å². The Bertz CT molecular complexity index is 1160. The largest absolute Gasteiger partial charge is 0.496 e. The van der Waals surface area contributed by atoms with Crippen LogP contribution < -0.4 is 10.1 Å². The second kappa shape index (κ2) is 6.79. The molecule has 3 aromatic rings. The summed E-state index contributed by atoms with van der Waals surface area (Å²) in [6.07, 6.45) is 4.71. The van der Waals surface area contributed by atoms with Crippen molar-refractivity contribution in [2.24, 2.45) is 5.41 Å². The van der Waals surface area contributed by atoms with Crippen molar-refractivity contribution >= 4 is 11.7 Å². The molecule has 1 aliphatic carbocycles. The molecule has 152 valence electrons. The standard InChI is InChI=1S/C23H23N5O2/c1-23(2)12-16-19(17(29)13-23)20(15-6-4-5-7-18(15)30-3)28-22(25-16)26-21(27-28)14-8-10-24-11-9-14/h4-11,20H,12-13H2,1-3H3,(H,25,26,27). The smallest absolute Gasteiger partial charge is 0.226 e. The quantitative estimate of drug-likeness (QED) is 0.714. The minimum absolute atomic E-state index is 0.107. The Morgan fingerprint density at radius 3 is 2.67 bits per heavy atom. The molecule has 30 heavy (non-hydrogen) atoms. The Morgan fingerprint density at radius 2 is 1.90 bits per heavy atom. The summed E-state index contributed by atoms with van der Waals surface area (Å²) < 4.78 is 7.45. The first-order valence-corrected chi connectivity index (χ1v) is 10.00. The predicted octanol–water partition coefficient (Wildman–Crippen LogP) is 4.01. The molecule has 0 spiro atoms. The number of nitrogens with one attached hydrogen (secondary N) is 1. The zero-order chi connectivity index (χ0) is 20.9. The molecule has 0 amide bonds. The summed E-state index contributed by atoms with van der Waals surface area (Å²) in [4.78, 5) is 22.1. The molecule has 1 unspecified atom stereocenters. The van der Waals surface area contributed by atoms with Gasteiger partial charge in [-0.3, -0.25) is 9.78 Å². The van der Waals surface area contributed by atoms with Crippen molar-refractivity contribution in [3.8, 4) is 17.1 Å². The molecule has 1 aliphatic heterocycles. The number of hydrogen-bond acceptors (Lipinski definition) is 6. The van der Waals surface area contributed by atoms with Gasteiger partial charge in [0, 0.05) is 41.2 Å². The lowest BCUT2D eigenvalue weighted by Gasteiger charge is -2.38. The molecule has 7 nitrogen and oxygen atoms in total. The summed E-state index contributed by atoms with van der Waals surface area (Å²) in [5.74, 6) is 2.07. The fourth-order valence-electron chi connectivity index (χ4n) is 4.41. The molecule has 3 heterocycles. The van der Waals surface area contributed by atoms with Crippen LogP contribution in [0.5, 0.6) is 5.75 Å². The molecule has 0 saturated carbocycles. The molecule has 0 saturated heterocycles. The maximum absolute atomic E-state index is 13.3. The Hall–Kier alpha value is -3.48. The number of para-hydroxylation sites is 1. The maximum Gasteiger partial charge on any atom is 0.226 e. The Morgan fingerprint density at radius 1 is 1.13 bits per heavy atom. The Kier molecular flexibility index (Phi) is 4.20. The average molecular weight is 401 g/mol. The van der Waals surface area contributed by atoms with Crippen LogP contribution >= 0.6 is 0 Å². The molecule has 0 fully saturated rings. The third-order valence-corrected chi connectivity index (χ3v) is 5.70. The molecule has 1 atom stereocenters. The fourth-order valence-corrected chi connectivity index (χ4v) is 4.41. The highest BCUT2D eigenvalue weighted by atomic mass is 16.5. The van der Waals surface area contributed by atoms with Gasteiger partial charge in [0.15, 0.2) is 11.6 Å². The summed E-state index contributed by atoms with van der Waals surface area (Å²) in [6.45, 7) is 4.24. The minimum Gasteiger partial charge on any atom is -0.496 e. The van der Waals surface area contributed by atoms with Gasteiger partial charge in [-0.05, 0) is 30.0 Å². The van der Waals surface area contributed by atoms with Crippen LogP contribution in [0.2, 0.25) is 0 Å². The van der Waals surface area contributed by atoms with Gasteiger partial charge in [0.05, 0.1) is 7.11 Å². The van der Waals surface area contributed by atoms with E-state index < -0.39 is 0 Å². The number of anilines is 1. The molecule has 1 N–H and O–H groups in total. The number of methoxy groups -OCH3 is 1. The topological polar surface area (TPSA) is 81.9 Å². The van der Waals surface area contributed by atoms with Gasteiger partial charge < -0.3 is 10.1 Å². The summed E-state index contributed by atoms with van der Waals surface area (Å²) in [5.41, 5.74) is 3.34. The van der Waals surface area contributed by atoms with Crippen LogP contribution in [0.3, 0.4) is 0 Å². The van der Waals surface area contributed by atoms with Crippen LogP contribution in [-0.2, 0) is 4.79 Å². The predicted molar refractivity (Wildman–Crippen MR) is 113 cm³/mol. The minimum atomic E-state index is -0.390. The number of Topliss-reactive ketones (excluding diaryl/α,β-unsaturated/α-hetero) is 1. The number of aromatic nitrogens is 4. The van der Waals surface area contributed by atoms with Gasteiger partial charge in [0.25, 0.3) is 0 Å². The number of benzene rings is 1. The van der Waals surface area contributed by atoms with E-state index in [1.807, 2.05) is 41.1 Å². The first kappa shape index (κ1) is 18.5. The van der Waals surface area contributed by atoms with Crippen molar-refractivity contribution in [3.63, 3.8) is 0 Å². The van der Waals surface area contributed by atoms with Gasteiger partial charge in [-0.25, -0.2) is 4.68 Å². The second-order valence-electron chi connectivity index (χ2n) is 8.54. The number of pyridine rings is 1. The van der Waals surface area contributed by atoms with E-state index in [1.54, 1.807) is 19.5 Å². The third-order valence-electron chi connectivity index (χ3n) is 5.70. The van der Waals surface area contributed by atoms with Crippen molar-refractivity contribution in [2.75, 3.05) is 12.4 Å². The van der Waals surface area contributed by atoms with Gasteiger partial charge in [-0.2, -0.15) is 4.98 Å². The number of allylic oxidation sites excluding steroid dienone is 2. The molecule has 2 aliphatic rings. The van der Waals surface area contributed by atoms with Crippen LogP contribution in [0.15, 0.2) is 60.1 Å². The Balaban J connectivity index is 1.72. The van der Waals surface area contributed by atoms with Crippen molar-refractivity contribution in [3.05, 3.63) is 65.6 Å². The summed E-state index contributed by atoms with van der Waals surface area (Å²) in [6, 6.07) is 11.1. The van der Waals surface area contributed by atoms with Gasteiger partial charge >= 0.3 is 0 Å². The highest BCUT2D eigenvalue weighted by Gasteiger charge is 2.42. The number of ether oxygens (including phenoxy) is 1. The molecule has 1 aromatic carbocycles. The van der Waals surface area contributed by atoms with Crippen molar-refractivity contribution in [2.45, 2.75) is 32.7 Å². The van der Waals surface area contributed by atoms with Crippen LogP contribution in [0.1, 0.15) is 38.3 Å². The zero-order valence-electron chi connectivity index (χ0n) is 17.2. The molecule has 0 bridgehead atoms. The number of hydrogen-bond donors (Lipinski definition) is 1. The fraction of sp³-hybridized carbons (Fsp3) is 0.304. The number of nitrogens with zero attached hydrogens (tertiary/aromatic N) is 4. The van der Waals surface area contributed by atoms with E-state index in [9.17, 15) is 4.79 Å². The third kappa shape index (κ3) is 2.98. The SMILES string of the molecule is COc1ccccc1C1C2=C(CC(C)(C)CC2=O)Nc2nc(-c3ccncc3)nn21. The van der Waals surface area contributed by atoms with Gasteiger partial charge in [-0.15, -0.1) is 5.10 Å².